The largest absolute Gasteiger partial charge is 0.489 e. The Morgan fingerprint density at radius 2 is 1.89 bits per heavy atom. The van der Waals surface area contributed by atoms with Gasteiger partial charge in [0.15, 0.2) is 16.9 Å². The van der Waals surface area contributed by atoms with E-state index in [1.807, 2.05) is 22.7 Å². The van der Waals surface area contributed by atoms with E-state index in [1.54, 1.807) is 37.2 Å². The lowest BCUT2D eigenvalue weighted by atomic mass is 9.99. The molecule has 1 saturated carbocycles. The van der Waals surface area contributed by atoms with Crippen LogP contribution in [0, 0.1) is 5.92 Å². The number of hydrogen-bond acceptors (Lipinski definition) is 9. The smallest absolute Gasteiger partial charge is 0.387 e. The fraction of sp³-hybridized carbons (Fsp3) is 0.433. The van der Waals surface area contributed by atoms with E-state index in [0.717, 1.165) is 28.4 Å². The summed E-state index contributed by atoms with van der Waals surface area (Å²) >= 11 is 18.0. The first-order valence-electron chi connectivity index (χ1n) is 14.0. The zero-order valence-electron chi connectivity index (χ0n) is 24.1. The maximum Gasteiger partial charge on any atom is 0.387 e. The summed E-state index contributed by atoms with van der Waals surface area (Å²) < 4.78 is 45.2. The van der Waals surface area contributed by atoms with E-state index in [2.05, 4.69) is 12.1 Å². The van der Waals surface area contributed by atoms with Crippen molar-refractivity contribution < 1.29 is 37.7 Å². The molecule has 7 nitrogen and oxygen atoms in total. The number of ether oxygens (including phenoxy) is 3. The molecule has 0 radical (unpaired) electrons. The zero-order valence-corrected chi connectivity index (χ0v) is 28.1. The molecular weight excluding hydrogens is 673 g/mol. The molecule has 3 unspecified atom stereocenters. The number of carbonyl (C=O) groups is 1. The number of quaternary nitrogens is 1. The fourth-order valence-electron chi connectivity index (χ4n) is 4.65. The number of allylic oxidation sites excluding steroid dienone is 1. The maximum atomic E-state index is 13.8. The van der Waals surface area contributed by atoms with Crippen molar-refractivity contribution in [1.29, 1.82) is 0 Å². The van der Waals surface area contributed by atoms with Gasteiger partial charge in [-0.05, 0) is 78.9 Å². The maximum absolute atomic E-state index is 13.8. The van der Waals surface area contributed by atoms with Crippen molar-refractivity contribution in [2.45, 2.75) is 47.1 Å². The Morgan fingerprint density at radius 3 is 2.55 bits per heavy atom. The van der Waals surface area contributed by atoms with Crippen molar-refractivity contribution in [3.05, 3.63) is 69.9 Å². The van der Waals surface area contributed by atoms with Crippen LogP contribution in [-0.2, 0) is 14.4 Å². The molecule has 5 rings (SSSR count). The second-order valence-corrected chi connectivity index (χ2v) is 14.4. The number of nitrogens with zero attached hydrogens (tertiary/aromatic N) is 1. The molecule has 44 heavy (non-hydrogen) atoms. The van der Waals surface area contributed by atoms with Crippen LogP contribution < -0.4 is 14.5 Å². The number of carbonyl (C=O) groups excluding carboxylic acids is 1. The summed E-state index contributed by atoms with van der Waals surface area (Å²) in [6.45, 7) is -1.58. The second-order valence-electron chi connectivity index (χ2n) is 10.3. The molecule has 1 aliphatic carbocycles. The van der Waals surface area contributed by atoms with Gasteiger partial charge in [-0.15, -0.1) is 23.5 Å². The number of halogens is 4. The topological polar surface area (TPSA) is 61.7 Å². The van der Waals surface area contributed by atoms with Crippen LogP contribution in [0.2, 0.25) is 0 Å². The minimum atomic E-state index is -3.01. The molecule has 0 amide bonds. The third-order valence-corrected chi connectivity index (χ3v) is 11.1. The lowest BCUT2D eigenvalue weighted by Gasteiger charge is -2.27. The highest BCUT2D eigenvalue weighted by Crippen LogP contribution is 2.41. The van der Waals surface area contributed by atoms with Gasteiger partial charge in [-0.25, -0.2) is 13.9 Å². The standard InChI is InChI=1S/C30H32Cl2F2N2O5S3/c1-38-35-15-23(31)22(24(32)16-35)14-26(19-5-10-25(41-30(33)34)27(13-19)39-17-18-3-4-18)40-29(37)28-36(11-12-43-28)44-21-8-6-20(42-2)7-9-21/h5-10,13,15,18,26,28,30H,3-4,11-12,14,16-17H2,1-2H3/p+1. The fourth-order valence-corrected chi connectivity index (χ4v) is 8.04. The average molecular weight is 707 g/mol. The number of rotatable bonds is 14. The van der Waals surface area contributed by atoms with Crippen LogP contribution in [0.15, 0.2) is 74.1 Å². The minimum Gasteiger partial charge on any atom is -0.489 e. The van der Waals surface area contributed by atoms with Gasteiger partial charge in [0.05, 0.1) is 18.7 Å². The van der Waals surface area contributed by atoms with Gasteiger partial charge < -0.3 is 14.2 Å². The van der Waals surface area contributed by atoms with Crippen LogP contribution in [0.5, 0.6) is 11.5 Å². The Kier molecular flexibility index (Phi) is 12.1. The summed E-state index contributed by atoms with van der Waals surface area (Å²) in [6.07, 6.45) is 5.09. The molecular formula is C30H33Cl2F2N2O5S3+. The number of benzene rings is 2. The van der Waals surface area contributed by atoms with Gasteiger partial charge in [0, 0.05) is 34.1 Å². The molecule has 0 bridgehead atoms. The van der Waals surface area contributed by atoms with Gasteiger partial charge >= 0.3 is 12.6 Å². The van der Waals surface area contributed by atoms with E-state index in [0.29, 0.717) is 51.9 Å². The molecule has 1 N–H and O–H groups in total. The Bertz CT molecular complexity index is 1380. The predicted molar refractivity (Wildman–Crippen MR) is 171 cm³/mol. The van der Waals surface area contributed by atoms with Gasteiger partial charge in [0.25, 0.3) is 0 Å². The van der Waals surface area contributed by atoms with Crippen molar-refractivity contribution >= 4 is 64.6 Å². The highest BCUT2D eigenvalue weighted by Gasteiger charge is 2.37. The van der Waals surface area contributed by atoms with Gasteiger partial charge in [0.1, 0.15) is 23.9 Å². The van der Waals surface area contributed by atoms with Crippen molar-refractivity contribution in [2.24, 2.45) is 5.92 Å². The first-order chi connectivity index (χ1) is 21.2. The van der Waals surface area contributed by atoms with Crippen molar-refractivity contribution in [2.75, 3.05) is 38.8 Å². The quantitative estimate of drug-likeness (QED) is 0.129. The first kappa shape index (κ1) is 33.7. The minimum absolute atomic E-state index is 0.0805. The van der Waals surface area contributed by atoms with Gasteiger partial charge in [-0.2, -0.15) is 13.8 Å². The van der Waals surface area contributed by atoms with Crippen LogP contribution in [-0.4, -0.2) is 61.1 Å². The van der Waals surface area contributed by atoms with E-state index in [9.17, 15) is 13.6 Å². The molecule has 2 fully saturated rings. The molecule has 14 heteroatoms. The van der Waals surface area contributed by atoms with Crippen LogP contribution in [0.1, 0.15) is 30.9 Å². The molecule has 2 heterocycles. The Morgan fingerprint density at radius 1 is 1.14 bits per heavy atom. The number of thioether (sulfide) groups is 2. The third kappa shape index (κ3) is 9.00. The van der Waals surface area contributed by atoms with Gasteiger partial charge in [-0.3, -0.25) is 0 Å². The summed E-state index contributed by atoms with van der Waals surface area (Å²) in [5.41, 5.74) is 1.16. The Balaban J connectivity index is 1.40. The lowest BCUT2D eigenvalue weighted by molar-refractivity contribution is -1.04. The van der Waals surface area contributed by atoms with E-state index in [4.69, 9.17) is 42.3 Å². The van der Waals surface area contributed by atoms with E-state index >= 15 is 0 Å². The van der Waals surface area contributed by atoms with Crippen LogP contribution in [0.25, 0.3) is 0 Å². The van der Waals surface area contributed by atoms with Gasteiger partial charge in [-0.1, -0.05) is 29.3 Å². The summed E-state index contributed by atoms with van der Waals surface area (Å²) in [4.78, 5) is 21.3. The molecule has 2 aromatic rings. The van der Waals surface area contributed by atoms with Crippen molar-refractivity contribution in [3.8, 4) is 11.5 Å². The molecule has 238 valence electrons. The third-order valence-electron chi connectivity index (χ3n) is 7.20. The van der Waals surface area contributed by atoms with E-state index in [1.165, 1.54) is 29.8 Å². The van der Waals surface area contributed by atoms with Crippen molar-refractivity contribution in [3.63, 3.8) is 0 Å². The molecule has 2 aromatic carbocycles. The summed E-state index contributed by atoms with van der Waals surface area (Å²) in [6, 6.07) is 12.8. The number of alkyl halides is 2. The monoisotopic (exact) mass is 705 g/mol. The summed E-state index contributed by atoms with van der Waals surface area (Å²) in [5, 5.41) is 0.912. The van der Waals surface area contributed by atoms with Crippen molar-refractivity contribution in [1.82, 2.24) is 4.31 Å². The number of hydrogen-bond donors (Lipinski definition) is 1. The first-order valence-corrected chi connectivity index (χ1v) is 17.8. The second kappa shape index (κ2) is 15.8. The Hall–Kier alpha value is -1.64. The summed E-state index contributed by atoms with van der Waals surface area (Å²) in [5.74, 6) is 0.810. The van der Waals surface area contributed by atoms with E-state index in [-0.39, 0.29) is 17.9 Å². The highest BCUT2D eigenvalue weighted by molar-refractivity contribution is 8.03. The van der Waals surface area contributed by atoms with E-state index < -0.39 is 24.1 Å². The summed E-state index contributed by atoms with van der Waals surface area (Å²) in [7, 11) is 1.54. The SMILES string of the molecule is CO[NH+]1C=C(Cl)C(CC(OC(=O)C2SCCN2Sc2ccc(SC)cc2)c2ccc(OC(F)F)c(OCC3CC3)c2)=C(Cl)C1. The molecule has 0 spiro atoms. The predicted octanol–water partition coefficient (Wildman–Crippen LogP) is 6.89. The molecule has 3 atom stereocenters. The molecule has 0 aromatic heterocycles. The average Bonchev–Trinajstić information content (AvgIpc) is 3.73. The number of hydroxylamine groups is 2. The lowest BCUT2D eigenvalue weighted by Crippen LogP contribution is -3.06. The van der Waals surface area contributed by atoms with Crippen LogP contribution in [0.4, 0.5) is 8.78 Å². The molecule has 3 aliphatic rings. The Labute approximate surface area is 278 Å². The van der Waals surface area contributed by atoms with Crippen LogP contribution in [0.3, 0.4) is 0 Å². The van der Waals surface area contributed by atoms with Gasteiger partial charge in [0.2, 0.25) is 0 Å². The molecule has 2 aliphatic heterocycles. The molecule has 1 saturated heterocycles. The number of nitrogens with one attached hydrogen (secondary N) is 1. The van der Waals surface area contributed by atoms with Crippen LogP contribution >= 0.6 is 58.7 Å². The zero-order chi connectivity index (χ0) is 31.2. The highest BCUT2D eigenvalue weighted by atomic mass is 35.5. The number of esters is 1. The normalized spacial score (nSPS) is 21.4.